The van der Waals surface area contributed by atoms with Gasteiger partial charge < -0.3 is 19.5 Å². The molecule has 1 fully saturated rings. The van der Waals surface area contributed by atoms with Gasteiger partial charge in [0.15, 0.2) is 0 Å². The summed E-state index contributed by atoms with van der Waals surface area (Å²) in [5.41, 5.74) is 0.580. The van der Waals surface area contributed by atoms with Gasteiger partial charge in [0.25, 0.3) is 0 Å². The fourth-order valence-corrected chi connectivity index (χ4v) is 2.33. The molecule has 1 aromatic carbocycles. The van der Waals surface area contributed by atoms with Crippen LogP contribution < -0.4 is 5.32 Å². The van der Waals surface area contributed by atoms with Crippen LogP contribution in [0.3, 0.4) is 0 Å². The summed E-state index contributed by atoms with van der Waals surface area (Å²) in [6.45, 7) is 1.38. The van der Waals surface area contributed by atoms with Crippen molar-refractivity contribution in [1.29, 1.82) is 0 Å². The highest BCUT2D eigenvalue weighted by Gasteiger charge is 2.42. The van der Waals surface area contributed by atoms with Crippen LogP contribution in [0.1, 0.15) is 12.0 Å². The Labute approximate surface area is 119 Å². The molecule has 0 heterocycles. The van der Waals surface area contributed by atoms with Crippen LogP contribution in [0.5, 0.6) is 0 Å². The van der Waals surface area contributed by atoms with Gasteiger partial charge in [-0.2, -0.15) is 0 Å². The van der Waals surface area contributed by atoms with Crippen LogP contribution in [0.15, 0.2) is 24.3 Å². The van der Waals surface area contributed by atoms with E-state index in [1.807, 2.05) is 13.1 Å². The minimum Gasteiger partial charge on any atom is -0.382 e. The molecule has 0 radical (unpaired) electrons. The predicted molar refractivity (Wildman–Crippen MR) is 74.1 cm³/mol. The standard InChI is InChI=1S/C15H22FNO3/c1-17-13-9-14(15(13)19-8-7-18-2)20-10-11-5-3-4-6-12(11)16/h3-6,13-15,17H,7-10H2,1-2H3. The van der Waals surface area contributed by atoms with Gasteiger partial charge in [0.05, 0.1) is 32.0 Å². The molecule has 0 aliphatic heterocycles. The number of nitrogens with one attached hydrogen (secondary N) is 1. The molecule has 0 aromatic heterocycles. The normalized spacial score (nSPS) is 25.4. The number of rotatable bonds is 8. The first-order valence-corrected chi connectivity index (χ1v) is 6.89. The number of hydrogen-bond acceptors (Lipinski definition) is 4. The highest BCUT2D eigenvalue weighted by molar-refractivity contribution is 5.16. The predicted octanol–water partition coefficient (Wildman–Crippen LogP) is 1.73. The van der Waals surface area contributed by atoms with E-state index in [2.05, 4.69) is 5.32 Å². The minimum absolute atomic E-state index is 0.00178. The Morgan fingerprint density at radius 1 is 1.25 bits per heavy atom. The van der Waals surface area contributed by atoms with E-state index in [1.54, 1.807) is 19.2 Å². The minimum atomic E-state index is -0.228. The van der Waals surface area contributed by atoms with Gasteiger partial charge in [-0.25, -0.2) is 4.39 Å². The molecule has 20 heavy (non-hydrogen) atoms. The van der Waals surface area contributed by atoms with E-state index < -0.39 is 0 Å². The second kappa shape index (κ2) is 7.69. The van der Waals surface area contributed by atoms with Crippen molar-refractivity contribution in [2.75, 3.05) is 27.4 Å². The van der Waals surface area contributed by atoms with E-state index in [0.29, 0.717) is 18.8 Å². The molecule has 0 saturated heterocycles. The SMILES string of the molecule is CNC1CC(OCc2ccccc2F)C1OCCOC. The van der Waals surface area contributed by atoms with E-state index in [9.17, 15) is 4.39 Å². The van der Waals surface area contributed by atoms with E-state index in [-0.39, 0.29) is 30.7 Å². The van der Waals surface area contributed by atoms with Crippen LogP contribution in [0.2, 0.25) is 0 Å². The lowest BCUT2D eigenvalue weighted by Gasteiger charge is -2.43. The van der Waals surface area contributed by atoms with E-state index in [1.165, 1.54) is 6.07 Å². The summed E-state index contributed by atoms with van der Waals surface area (Å²) in [4.78, 5) is 0. The second-order valence-corrected chi connectivity index (χ2v) is 4.90. The van der Waals surface area contributed by atoms with Crippen molar-refractivity contribution in [3.05, 3.63) is 35.6 Å². The van der Waals surface area contributed by atoms with Crippen LogP contribution in [0.4, 0.5) is 4.39 Å². The average Bonchev–Trinajstić information content (AvgIpc) is 2.44. The molecule has 1 aliphatic rings. The number of likely N-dealkylation sites (N-methyl/N-ethyl adjacent to an activating group) is 1. The summed E-state index contributed by atoms with van der Waals surface area (Å²) in [5, 5.41) is 3.20. The highest BCUT2D eigenvalue weighted by Crippen LogP contribution is 2.28. The van der Waals surface area contributed by atoms with Gasteiger partial charge in [0.1, 0.15) is 5.82 Å². The zero-order valence-corrected chi connectivity index (χ0v) is 12.0. The lowest BCUT2D eigenvalue weighted by atomic mass is 9.85. The van der Waals surface area contributed by atoms with Gasteiger partial charge in [0, 0.05) is 18.7 Å². The van der Waals surface area contributed by atoms with Crippen LogP contribution >= 0.6 is 0 Å². The number of methoxy groups -OCH3 is 1. The van der Waals surface area contributed by atoms with Gasteiger partial charge >= 0.3 is 0 Å². The smallest absolute Gasteiger partial charge is 0.128 e. The summed E-state index contributed by atoms with van der Waals surface area (Å²) >= 11 is 0. The molecule has 1 aromatic rings. The number of halogens is 1. The largest absolute Gasteiger partial charge is 0.382 e. The Morgan fingerprint density at radius 3 is 2.75 bits per heavy atom. The van der Waals surface area contributed by atoms with Crippen LogP contribution in [0.25, 0.3) is 0 Å². The van der Waals surface area contributed by atoms with Crippen LogP contribution in [-0.4, -0.2) is 45.6 Å². The first kappa shape index (κ1) is 15.4. The molecule has 1 N–H and O–H groups in total. The highest BCUT2D eigenvalue weighted by atomic mass is 19.1. The Balaban J connectivity index is 1.81. The number of benzene rings is 1. The zero-order chi connectivity index (χ0) is 14.4. The molecule has 2 rings (SSSR count). The molecule has 4 nitrogen and oxygen atoms in total. The van der Waals surface area contributed by atoms with Gasteiger partial charge in [-0.1, -0.05) is 18.2 Å². The zero-order valence-electron chi connectivity index (χ0n) is 12.0. The van der Waals surface area contributed by atoms with Gasteiger partial charge in [-0.05, 0) is 19.5 Å². The number of ether oxygens (including phenoxy) is 3. The summed E-state index contributed by atoms with van der Waals surface area (Å²) in [6.07, 6.45) is 0.883. The fraction of sp³-hybridized carbons (Fsp3) is 0.600. The maximum Gasteiger partial charge on any atom is 0.128 e. The Hall–Kier alpha value is -1.01. The lowest BCUT2D eigenvalue weighted by Crippen LogP contribution is -2.59. The van der Waals surface area contributed by atoms with Gasteiger partial charge in [-0.3, -0.25) is 0 Å². The van der Waals surface area contributed by atoms with Crippen molar-refractivity contribution in [3.63, 3.8) is 0 Å². The summed E-state index contributed by atoms with van der Waals surface area (Å²) in [5.74, 6) is -0.228. The maximum absolute atomic E-state index is 13.5. The third-order valence-corrected chi connectivity index (χ3v) is 3.63. The fourth-order valence-electron chi connectivity index (χ4n) is 2.33. The topological polar surface area (TPSA) is 39.7 Å². The van der Waals surface area contributed by atoms with Crippen molar-refractivity contribution < 1.29 is 18.6 Å². The Bertz CT molecular complexity index is 416. The molecule has 5 heteroatoms. The Kier molecular flexibility index (Phi) is 5.91. The van der Waals surface area contributed by atoms with Crippen LogP contribution in [-0.2, 0) is 20.8 Å². The lowest BCUT2D eigenvalue weighted by molar-refractivity contribution is -0.155. The van der Waals surface area contributed by atoms with Crippen LogP contribution in [0, 0.1) is 5.82 Å². The van der Waals surface area contributed by atoms with Crippen molar-refractivity contribution in [2.24, 2.45) is 0 Å². The van der Waals surface area contributed by atoms with Gasteiger partial charge in [-0.15, -0.1) is 0 Å². The summed E-state index contributed by atoms with van der Waals surface area (Å²) < 4.78 is 30.0. The van der Waals surface area contributed by atoms with Crippen molar-refractivity contribution in [2.45, 2.75) is 31.3 Å². The van der Waals surface area contributed by atoms with Crippen molar-refractivity contribution in [3.8, 4) is 0 Å². The Morgan fingerprint density at radius 2 is 2.05 bits per heavy atom. The molecular formula is C15H22FNO3. The molecule has 112 valence electrons. The van der Waals surface area contributed by atoms with E-state index in [4.69, 9.17) is 14.2 Å². The molecule has 1 saturated carbocycles. The molecule has 0 spiro atoms. The van der Waals surface area contributed by atoms with Crippen molar-refractivity contribution >= 4 is 0 Å². The van der Waals surface area contributed by atoms with E-state index >= 15 is 0 Å². The summed E-state index contributed by atoms with van der Waals surface area (Å²) in [7, 11) is 3.55. The third kappa shape index (κ3) is 3.76. The third-order valence-electron chi connectivity index (χ3n) is 3.63. The monoisotopic (exact) mass is 283 g/mol. The molecule has 0 bridgehead atoms. The molecule has 1 aliphatic carbocycles. The van der Waals surface area contributed by atoms with Crippen molar-refractivity contribution in [1.82, 2.24) is 5.32 Å². The average molecular weight is 283 g/mol. The summed E-state index contributed by atoms with van der Waals surface area (Å²) in [6, 6.07) is 6.96. The molecule has 3 unspecified atom stereocenters. The number of hydrogen-bond donors (Lipinski definition) is 1. The molecular weight excluding hydrogens is 261 g/mol. The van der Waals surface area contributed by atoms with Gasteiger partial charge in [0.2, 0.25) is 0 Å². The molecule has 3 atom stereocenters. The first-order valence-electron chi connectivity index (χ1n) is 6.89. The second-order valence-electron chi connectivity index (χ2n) is 4.90. The first-order chi connectivity index (χ1) is 9.76. The van der Waals surface area contributed by atoms with E-state index in [0.717, 1.165) is 6.42 Å². The maximum atomic E-state index is 13.5. The molecule has 0 amide bonds. The quantitative estimate of drug-likeness (QED) is 0.738.